The molecule has 1 aliphatic heterocycles. The molecule has 0 spiro atoms. The van der Waals surface area contributed by atoms with E-state index in [4.69, 9.17) is 11.6 Å². The Balaban J connectivity index is 1.45. The van der Waals surface area contributed by atoms with Crippen LogP contribution >= 0.6 is 11.6 Å². The molecule has 0 saturated heterocycles. The van der Waals surface area contributed by atoms with Crippen LogP contribution in [0.3, 0.4) is 0 Å². The van der Waals surface area contributed by atoms with Crippen LogP contribution in [0.4, 0.5) is 5.69 Å². The van der Waals surface area contributed by atoms with Crippen LogP contribution in [0.1, 0.15) is 21.5 Å². The normalized spacial score (nSPS) is 13.5. The number of imide groups is 1. The molecule has 3 amide bonds. The maximum Gasteiger partial charge on any atom is 0.279 e. The van der Waals surface area contributed by atoms with Crippen molar-refractivity contribution in [3.05, 3.63) is 112 Å². The molecule has 0 saturated carbocycles. The second-order valence-electron chi connectivity index (χ2n) is 7.25. The summed E-state index contributed by atoms with van der Waals surface area (Å²) in [6, 6.07) is 25.4. The lowest BCUT2D eigenvalue weighted by molar-refractivity contribution is -0.138. The molecule has 0 atom stereocenters. The number of anilines is 1. The van der Waals surface area contributed by atoms with Gasteiger partial charge in [0.2, 0.25) is 0 Å². The Kier molecular flexibility index (Phi) is 6.33. The van der Waals surface area contributed by atoms with Crippen molar-refractivity contribution in [3.63, 3.8) is 0 Å². The van der Waals surface area contributed by atoms with Crippen LogP contribution in [-0.4, -0.2) is 22.6 Å². The number of hydrogen-bond acceptors (Lipinski definition) is 4. The van der Waals surface area contributed by atoms with Gasteiger partial charge in [-0.3, -0.25) is 19.3 Å². The summed E-state index contributed by atoms with van der Waals surface area (Å²) in [5.74, 6) is -1.32. The summed E-state index contributed by atoms with van der Waals surface area (Å²) in [5, 5.41) is 5.60. The highest BCUT2D eigenvalue weighted by Crippen LogP contribution is 2.27. The van der Waals surface area contributed by atoms with Crippen LogP contribution in [0.2, 0.25) is 0 Å². The first kappa shape index (κ1) is 21.3. The summed E-state index contributed by atoms with van der Waals surface area (Å²) in [5.41, 5.74) is 2.70. The van der Waals surface area contributed by atoms with Gasteiger partial charge >= 0.3 is 0 Å². The third-order valence-electron chi connectivity index (χ3n) is 4.98. The molecule has 0 unspecified atom stereocenters. The highest BCUT2D eigenvalue weighted by atomic mass is 35.5. The van der Waals surface area contributed by atoms with Crippen LogP contribution in [0.25, 0.3) is 0 Å². The minimum Gasteiger partial charge on any atom is -0.350 e. The van der Waals surface area contributed by atoms with Crippen molar-refractivity contribution in [3.8, 4) is 0 Å². The van der Waals surface area contributed by atoms with Gasteiger partial charge < -0.3 is 10.6 Å². The van der Waals surface area contributed by atoms with E-state index in [-0.39, 0.29) is 23.2 Å². The van der Waals surface area contributed by atoms with Crippen molar-refractivity contribution in [2.45, 2.75) is 13.1 Å². The SMILES string of the molecule is O=C(NCc1ccccc1)c1cccc(NC2=C(Cl)C(=O)N(Cc3ccccc3)C2=O)c1. The third kappa shape index (κ3) is 4.71. The fourth-order valence-corrected chi connectivity index (χ4v) is 3.56. The van der Waals surface area contributed by atoms with E-state index < -0.39 is 11.8 Å². The number of nitrogens with one attached hydrogen (secondary N) is 2. The van der Waals surface area contributed by atoms with Crippen LogP contribution in [0.5, 0.6) is 0 Å². The highest BCUT2D eigenvalue weighted by Gasteiger charge is 2.37. The number of halogens is 1. The van der Waals surface area contributed by atoms with Gasteiger partial charge in [0.05, 0.1) is 6.54 Å². The number of carbonyl (C=O) groups excluding carboxylic acids is 3. The van der Waals surface area contributed by atoms with Crippen molar-refractivity contribution in [2.75, 3.05) is 5.32 Å². The van der Waals surface area contributed by atoms with Gasteiger partial charge in [0.1, 0.15) is 10.7 Å². The quantitative estimate of drug-likeness (QED) is 0.538. The van der Waals surface area contributed by atoms with E-state index in [1.54, 1.807) is 24.3 Å². The van der Waals surface area contributed by atoms with Gasteiger partial charge in [0.25, 0.3) is 17.7 Å². The first-order chi connectivity index (χ1) is 15.5. The second kappa shape index (κ2) is 9.49. The first-order valence-corrected chi connectivity index (χ1v) is 10.4. The summed E-state index contributed by atoms with van der Waals surface area (Å²) in [7, 11) is 0. The van der Waals surface area contributed by atoms with E-state index in [0.717, 1.165) is 16.0 Å². The van der Waals surface area contributed by atoms with Crippen molar-refractivity contribution in [2.24, 2.45) is 0 Å². The zero-order chi connectivity index (χ0) is 22.5. The lowest BCUT2D eigenvalue weighted by Crippen LogP contribution is -2.31. The number of carbonyl (C=O) groups is 3. The number of amides is 3. The predicted octanol–water partition coefficient (Wildman–Crippen LogP) is 4.05. The van der Waals surface area contributed by atoms with Gasteiger partial charge in [-0.15, -0.1) is 0 Å². The van der Waals surface area contributed by atoms with E-state index in [1.807, 2.05) is 60.7 Å². The minimum absolute atomic E-state index is 0.00515. The molecule has 0 aromatic heterocycles. The van der Waals surface area contributed by atoms with E-state index in [9.17, 15) is 14.4 Å². The summed E-state index contributed by atoms with van der Waals surface area (Å²) in [6.07, 6.45) is 0. The Bertz CT molecular complexity index is 1190. The molecule has 1 aliphatic rings. The zero-order valence-electron chi connectivity index (χ0n) is 17.0. The van der Waals surface area contributed by atoms with Crippen molar-refractivity contribution in [1.82, 2.24) is 10.2 Å². The van der Waals surface area contributed by atoms with Gasteiger partial charge in [-0.25, -0.2) is 0 Å². The molecule has 2 N–H and O–H groups in total. The average molecular weight is 446 g/mol. The monoisotopic (exact) mass is 445 g/mol. The fourth-order valence-electron chi connectivity index (χ4n) is 3.33. The number of rotatable bonds is 7. The molecular weight excluding hydrogens is 426 g/mol. The molecule has 4 rings (SSSR count). The maximum absolute atomic E-state index is 12.8. The molecule has 3 aromatic carbocycles. The smallest absolute Gasteiger partial charge is 0.279 e. The number of benzene rings is 3. The average Bonchev–Trinajstić information content (AvgIpc) is 3.02. The van der Waals surface area contributed by atoms with Gasteiger partial charge in [-0.1, -0.05) is 78.3 Å². The standard InChI is InChI=1S/C25H20ClN3O3/c26-21-22(25(32)29(24(21)31)16-18-10-5-2-6-11-18)28-20-13-7-12-19(14-20)23(30)27-15-17-8-3-1-4-9-17/h1-14,28H,15-16H2,(H,27,30). The highest BCUT2D eigenvalue weighted by molar-refractivity contribution is 6.48. The summed E-state index contributed by atoms with van der Waals surface area (Å²) < 4.78 is 0. The molecule has 0 radical (unpaired) electrons. The Morgan fingerprint density at radius 3 is 2.16 bits per heavy atom. The lowest BCUT2D eigenvalue weighted by atomic mass is 10.1. The Morgan fingerprint density at radius 1 is 0.812 bits per heavy atom. The predicted molar refractivity (Wildman–Crippen MR) is 123 cm³/mol. The summed E-state index contributed by atoms with van der Waals surface area (Å²) in [6.45, 7) is 0.525. The molecule has 32 heavy (non-hydrogen) atoms. The molecule has 6 nitrogen and oxygen atoms in total. The summed E-state index contributed by atoms with van der Waals surface area (Å²) in [4.78, 5) is 39.0. The largest absolute Gasteiger partial charge is 0.350 e. The van der Waals surface area contributed by atoms with Crippen molar-refractivity contribution < 1.29 is 14.4 Å². The van der Waals surface area contributed by atoms with Crippen LogP contribution in [0, 0.1) is 0 Å². The maximum atomic E-state index is 12.8. The molecule has 1 heterocycles. The molecule has 160 valence electrons. The molecule has 0 bridgehead atoms. The van der Waals surface area contributed by atoms with E-state index in [0.29, 0.717) is 17.8 Å². The van der Waals surface area contributed by atoms with Gasteiger partial charge in [-0.05, 0) is 29.3 Å². The fraction of sp³-hybridized carbons (Fsp3) is 0.0800. The summed E-state index contributed by atoms with van der Waals surface area (Å²) >= 11 is 6.18. The van der Waals surface area contributed by atoms with Crippen LogP contribution < -0.4 is 10.6 Å². The second-order valence-corrected chi connectivity index (χ2v) is 7.62. The molecule has 0 aliphatic carbocycles. The van der Waals surface area contributed by atoms with E-state index in [1.165, 1.54) is 0 Å². The zero-order valence-corrected chi connectivity index (χ0v) is 17.8. The van der Waals surface area contributed by atoms with E-state index in [2.05, 4.69) is 10.6 Å². The topological polar surface area (TPSA) is 78.5 Å². The van der Waals surface area contributed by atoms with Gasteiger partial charge in [-0.2, -0.15) is 0 Å². The molecule has 3 aromatic rings. The Labute approximate surface area is 190 Å². The molecular formula is C25H20ClN3O3. The minimum atomic E-state index is -0.556. The van der Waals surface area contributed by atoms with Crippen LogP contribution in [-0.2, 0) is 22.7 Å². The van der Waals surface area contributed by atoms with Crippen LogP contribution in [0.15, 0.2) is 95.7 Å². The Morgan fingerprint density at radius 2 is 1.47 bits per heavy atom. The lowest BCUT2D eigenvalue weighted by Gasteiger charge is -2.15. The van der Waals surface area contributed by atoms with Gasteiger partial charge in [0, 0.05) is 17.8 Å². The van der Waals surface area contributed by atoms with Gasteiger partial charge in [0.15, 0.2) is 0 Å². The van der Waals surface area contributed by atoms with Crippen molar-refractivity contribution in [1.29, 1.82) is 0 Å². The molecule has 0 fully saturated rings. The Hall–Kier alpha value is -3.90. The number of hydrogen-bond donors (Lipinski definition) is 2. The molecule has 7 heteroatoms. The number of nitrogens with zero attached hydrogens (tertiary/aromatic N) is 1. The van der Waals surface area contributed by atoms with Crippen molar-refractivity contribution >= 4 is 35.0 Å². The van der Waals surface area contributed by atoms with E-state index >= 15 is 0 Å². The third-order valence-corrected chi connectivity index (χ3v) is 5.34. The first-order valence-electron chi connectivity index (χ1n) is 10.0.